The molecule has 1 unspecified atom stereocenters. The molecule has 1 atom stereocenters. The Bertz CT molecular complexity index is 896. The third kappa shape index (κ3) is 4.00. The van der Waals surface area contributed by atoms with Crippen LogP contribution in [0.3, 0.4) is 0 Å². The molecule has 0 bridgehead atoms. The van der Waals surface area contributed by atoms with Crippen molar-refractivity contribution >= 4 is 12.2 Å². The van der Waals surface area contributed by atoms with Crippen LogP contribution in [0.25, 0.3) is 5.69 Å². The fourth-order valence-electron chi connectivity index (χ4n) is 2.99. The van der Waals surface area contributed by atoms with Gasteiger partial charge in [0.2, 0.25) is 0 Å². The summed E-state index contributed by atoms with van der Waals surface area (Å²) in [6.07, 6.45) is 4.11. The van der Waals surface area contributed by atoms with E-state index >= 15 is 0 Å². The number of quaternary nitrogens is 1. The van der Waals surface area contributed by atoms with Gasteiger partial charge in [0.05, 0.1) is 19.8 Å². The van der Waals surface area contributed by atoms with E-state index in [-0.39, 0.29) is 0 Å². The Balaban J connectivity index is 1.73. The molecule has 3 rings (SSSR count). The van der Waals surface area contributed by atoms with Gasteiger partial charge in [-0.1, -0.05) is 18.2 Å². The summed E-state index contributed by atoms with van der Waals surface area (Å²) in [6.45, 7) is 3.86. The van der Waals surface area contributed by atoms with Crippen LogP contribution in [0.5, 0.6) is 5.75 Å². The van der Waals surface area contributed by atoms with Crippen molar-refractivity contribution in [2.24, 2.45) is 0 Å². The number of rotatable bonds is 6. The van der Waals surface area contributed by atoms with Crippen LogP contribution in [0.4, 0.5) is 0 Å². The lowest BCUT2D eigenvalue weighted by molar-refractivity contribution is -0.917. The smallest absolute Gasteiger partial charge is 0.188 e. The highest BCUT2D eigenvalue weighted by Gasteiger charge is 2.09. The first kappa shape index (κ1) is 17.5. The van der Waals surface area contributed by atoms with Crippen molar-refractivity contribution in [1.29, 1.82) is 0 Å². The lowest BCUT2D eigenvalue weighted by atomic mass is 10.2. The molecule has 0 amide bonds. The van der Waals surface area contributed by atoms with Crippen LogP contribution in [0, 0.1) is 11.7 Å². The molecule has 5 heteroatoms. The minimum absolute atomic E-state index is 0.823. The fourth-order valence-corrected chi connectivity index (χ4v) is 3.27. The molecule has 2 aromatic carbocycles. The molecule has 0 spiro atoms. The van der Waals surface area contributed by atoms with Gasteiger partial charge >= 0.3 is 0 Å². The van der Waals surface area contributed by atoms with Crippen molar-refractivity contribution in [3.63, 3.8) is 0 Å². The second kappa shape index (κ2) is 7.68. The Labute approximate surface area is 153 Å². The quantitative estimate of drug-likeness (QED) is 0.688. The highest BCUT2D eigenvalue weighted by Crippen LogP contribution is 2.14. The molecule has 3 aromatic rings. The summed E-state index contributed by atoms with van der Waals surface area (Å²) in [7, 11) is 3.87. The molecule has 0 aliphatic heterocycles. The van der Waals surface area contributed by atoms with Crippen molar-refractivity contribution in [1.82, 2.24) is 9.13 Å². The summed E-state index contributed by atoms with van der Waals surface area (Å²) in [5.41, 5.74) is 3.64. The first-order chi connectivity index (χ1) is 12.1. The molecule has 0 saturated carbocycles. The predicted molar refractivity (Wildman–Crippen MR) is 103 cm³/mol. The second-order valence-electron chi connectivity index (χ2n) is 6.35. The van der Waals surface area contributed by atoms with E-state index < -0.39 is 0 Å². The average molecular weight is 354 g/mol. The summed E-state index contributed by atoms with van der Waals surface area (Å²) >= 11 is 5.68. The van der Waals surface area contributed by atoms with Gasteiger partial charge in [0.25, 0.3) is 0 Å². The highest BCUT2D eigenvalue weighted by molar-refractivity contribution is 7.71. The van der Waals surface area contributed by atoms with Gasteiger partial charge in [-0.25, -0.2) is 0 Å². The largest absolute Gasteiger partial charge is 0.497 e. The number of ether oxygens (including phenoxy) is 1. The topological polar surface area (TPSA) is 23.5 Å². The first-order valence-electron chi connectivity index (χ1n) is 8.36. The molecular weight excluding hydrogens is 330 g/mol. The van der Waals surface area contributed by atoms with Gasteiger partial charge in [-0.3, -0.25) is 9.13 Å². The normalized spacial score (nSPS) is 12.1. The highest BCUT2D eigenvalue weighted by atomic mass is 32.1. The van der Waals surface area contributed by atoms with Crippen molar-refractivity contribution in [2.75, 3.05) is 14.2 Å². The number of methoxy groups -OCH3 is 1. The second-order valence-corrected chi connectivity index (χ2v) is 6.71. The van der Waals surface area contributed by atoms with E-state index in [2.05, 4.69) is 53.6 Å². The Morgan fingerprint density at radius 3 is 2.44 bits per heavy atom. The molecule has 0 aliphatic carbocycles. The molecule has 0 radical (unpaired) electrons. The van der Waals surface area contributed by atoms with E-state index in [1.54, 1.807) is 7.11 Å². The number of benzene rings is 2. The summed E-state index contributed by atoms with van der Waals surface area (Å²) in [5.74, 6) is 0.888. The van der Waals surface area contributed by atoms with E-state index in [1.165, 1.54) is 16.0 Å². The zero-order valence-corrected chi connectivity index (χ0v) is 15.7. The molecule has 1 N–H and O–H groups in total. The zero-order valence-electron chi connectivity index (χ0n) is 14.9. The van der Waals surface area contributed by atoms with Crippen LogP contribution in [0.15, 0.2) is 60.9 Å². The van der Waals surface area contributed by atoms with E-state index in [1.807, 2.05) is 30.5 Å². The number of nitrogens with one attached hydrogen (secondary N) is 1. The number of aromatic nitrogens is 2. The maximum Gasteiger partial charge on any atom is 0.188 e. The number of nitrogens with zero attached hydrogens (tertiary/aromatic N) is 2. The van der Waals surface area contributed by atoms with Crippen molar-refractivity contribution in [2.45, 2.75) is 20.1 Å². The first-order valence-corrected chi connectivity index (χ1v) is 8.77. The Kier molecular flexibility index (Phi) is 5.36. The van der Waals surface area contributed by atoms with Gasteiger partial charge in [-0.15, -0.1) is 0 Å². The molecule has 0 aliphatic rings. The predicted octanol–water partition coefficient (Wildman–Crippen LogP) is 3.00. The van der Waals surface area contributed by atoms with Gasteiger partial charge in [0.1, 0.15) is 12.3 Å². The monoisotopic (exact) mass is 354 g/mol. The molecule has 1 heterocycles. The summed E-state index contributed by atoms with van der Waals surface area (Å²) < 4.78 is 10.2. The van der Waals surface area contributed by atoms with Crippen molar-refractivity contribution in [3.8, 4) is 11.4 Å². The minimum Gasteiger partial charge on any atom is -0.497 e. The van der Waals surface area contributed by atoms with Gasteiger partial charge in [0, 0.05) is 18.0 Å². The number of imidazole rings is 1. The summed E-state index contributed by atoms with van der Waals surface area (Å²) in [6, 6.07) is 16.5. The SMILES string of the molecule is COc1ccc(C[NH+](C)Cn2ccn(-c3ccccc3C)c2=S)cc1. The van der Waals surface area contributed by atoms with Crippen molar-refractivity contribution < 1.29 is 9.64 Å². The minimum atomic E-state index is 0.823. The molecule has 0 saturated heterocycles. The van der Waals surface area contributed by atoms with Gasteiger partial charge in [0.15, 0.2) is 11.4 Å². The molecule has 4 nitrogen and oxygen atoms in total. The van der Waals surface area contributed by atoms with Crippen LogP contribution in [0.1, 0.15) is 11.1 Å². The van der Waals surface area contributed by atoms with E-state index in [9.17, 15) is 0 Å². The molecule has 130 valence electrons. The maximum absolute atomic E-state index is 5.68. The van der Waals surface area contributed by atoms with Crippen LogP contribution in [0.2, 0.25) is 0 Å². The van der Waals surface area contributed by atoms with Crippen LogP contribution in [-0.2, 0) is 13.2 Å². The fraction of sp³-hybridized carbons (Fsp3) is 0.250. The number of aryl methyl sites for hydroxylation is 1. The summed E-state index contributed by atoms with van der Waals surface area (Å²) in [4.78, 5) is 1.36. The van der Waals surface area contributed by atoms with Crippen molar-refractivity contribution in [3.05, 3.63) is 76.8 Å². The van der Waals surface area contributed by atoms with Crippen LogP contribution >= 0.6 is 12.2 Å². The summed E-state index contributed by atoms with van der Waals surface area (Å²) in [5, 5.41) is 0. The molecule has 1 aromatic heterocycles. The van der Waals surface area contributed by atoms with Gasteiger partial charge in [-0.2, -0.15) is 0 Å². The Hall–Kier alpha value is -2.37. The van der Waals surface area contributed by atoms with Gasteiger partial charge < -0.3 is 9.64 Å². The average Bonchev–Trinajstić information content (AvgIpc) is 2.96. The van der Waals surface area contributed by atoms with E-state index in [0.29, 0.717) is 0 Å². The Morgan fingerprint density at radius 2 is 1.76 bits per heavy atom. The standard InChI is InChI=1S/C20H23N3OS/c1-16-6-4-5-7-19(16)23-13-12-22(20(23)25)15-21(2)14-17-8-10-18(24-3)11-9-17/h4-13H,14-15H2,1-3H3/p+1. The zero-order chi connectivity index (χ0) is 17.8. The molecule has 25 heavy (non-hydrogen) atoms. The number of hydrogen-bond acceptors (Lipinski definition) is 2. The third-order valence-corrected chi connectivity index (χ3v) is 4.76. The number of hydrogen-bond donors (Lipinski definition) is 1. The van der Waals surface area contributed by atoms with Gasteiger partial charge in [-0.05, 0) is 55.0 Å². The van der Waals surface area contributed by atoms with Crippen LogP contribution < -0.4 is 9.64 Å². The third-order valence-electron chi connectivity index (χ3n) is 4.33. The Morgan fingerprint density at radius 1 is 1.04 bits per heavy atom. The maximum atomic E-state index is 5.68. The molecule has 0 fully saturated rings. The molecular formula is C20H24N3OS+. The van der Waals surface area contributed by atoms with Crippen LogP contribution in [-0.4, -0.2) is 23.3 Å². The lowest BCUT2D eigenvalue weighted by Gasteiger charge is -2.15. The number of para-hydroxylation sites is 1. The van der Waals surface area contributed by atoms with E-state index in [0.717, 1.165) is 29.4 Å². The lowest BCUT2D eigenvalue weighted by Crippen LogP contribution is -3.06. The van der Waals surface area contributed by atoms with E-state index in [4.69, 9.17) is 17.0 Å².